The van der Waals surface area contributed by atoms with Gasteiger partial charge in [0.25, 0.3) is 0 Å². The molecule has 3 aromatic rings. The van der Waals surface area contributed by atoms with Gasteiger partial charge in [-0.1, -0.05) is 18.2 Å². The zero-order valence-corrected chi connectivity index (χ0v) is 13.3. The van der Waals surface area contributed by atoms with Crippen LogP contribution in [0.2, 0.25) is 0 Å². The molecular formula is C17H19N7. The van der Waals surface area contributed by atoms with Crippen LogP contribution in [0.3, 0.4) is 0 Å². The Hall–Kier alpha value is -3.09. The van der Waals surface area contributed by atoms with Gasteiger partial charge in [-0.15, -0.1) is 0 Å². The average Bonchev–Trinajstić information content (AvgIpc) is 2.62. The Morgan fingerprint density at radius 2 is 1.62 bits per heavy atom. The van der Waals surface area contributed by atoms with E-state index in [2.05, 4.69) is 36.9 Å². The quantitative estimate of drug-likeness (QED) is 0.738. The van der Waals surface area contributed by atoms with Crippen LogP contribution >= 0.6 is 0 Å². The molecule has 0 aliphatic carbocycles. The minimum absolute atomic E-state index is 0.206. The maximum Gasteiger partial charge on any atom is 0.222 e. The van der Waals surface area contributed by atoms with Crippen molar-refractivity contribution in [1.82, 2.24) is 15.0 Å². The molecule has 4 N–H and O–H groups in total. The van der Waals surface area contributed by atoms with E-state index in [0.717, 1.165) is 48.5 Å². The summed E-state index contributed by atoms with van der Waals surface area (Å²) in [5.74, 6) is 0.639. The number of piperazine rings is 1. The zero-order chi connectivity index (χ0) is 16.5. The van der Waals surface area contributed by atoms with Gasteiger partial charge in [0, 0.05) is 31.6 Å². The fourth-order valence-electron chi connectivity index (χ4n) is 3.08. The van der Waals surface area contributed by atoms with Gasteiger partial charge in [0.05, 0.1) is 29.3 Å². The topological polar surface area (TPSA) is 97.2 Å². The van der Waals surface area contributed by atoms with Crippen molar-refractivity contribution in [3.8, 4) is 0 Å². The van der Waals surface area contributed by atoms with E-state index in [1.165, 1.54) is 0 Å². The molecule has 1 saturated heterocycles. The molecule has 1 aliphatic heterocycles. The number of nitrogens with zero attached hydrogens (tertiary/aromatic N) is 5. The number of anilines is 4. The van der Waals surface area contributed by atoms with Gasteiger partial charge in [-0.05, 0) is 12.1 Å². The van der Waals surface area contributed by atoms with E-state index in [1.54, 1.807) is 6.20 Å². The molecule has 24 heavy (non-hydrogen) atoms. The Bertz CT molecular complexity index is 872. The van der Waals surface area contributed by atoms with Crippen molar-refractivity contribution in [2.45, 2.75) is 0 Å². The largest absolute Gasteiger partial charge is 0.382 e. The van der Waals surface area contributed by atoms with E-state index in [-0.39, 0.29) is 5.95 Å². The van der Waals surface area contributed by atoms with E-state index < -0.39 is 0 Å². The van der Waals surface area contributed by atoms with Crippen molar-refractivity contribution in [1.29, 1.82) is 0 Å². The smallest absolute Gasteiger partial charge is 0.222 e. The molecule has 7 heteroatoms. The Labute approximate surface area is 139 Å². The molecule has 7 nitrogen and oxygen atoms in total. The third-order valence-electron chi connectivity index (χ3n) is 4.38. The zero-order valence-electron chi connectivity index (χ0n) is 13.3. The summed E-state index contributed by atoms with van der Waals surface area (Å²) in [6, 6.07) is 10.4. The molecule has 0 saturated carbocycles. The molecule has 3 heterocycles. The first-order valence-corrected chi connectivity index (χ1v) is 7.93. The van der Waals surface area contributed by atoms with Gasteiger partial charge in [0.15, 0.2) is 5.82 Å². The summed E-state index contributed by atoms with van der Waals surface area (Å²) in [7, 11) is 0. The predicted molar refractivity (Wildman–Crippen MR) is 97.0 cm³/mol. The van der Waals surface area contributed by atoms with Crippen molar-refractivity contribution in [2.24, 2.45) is 0 Å². The highest BCUT2D eigenvalue weighted by molar-refractivity contribution is 5.81. The van der Waals surface area contributed by atoms with Crippen LogP contribution < -0.4 is 21.3 Å². The van der Waals surface area contributed by atoms with Gasteiger partial charge in [-0.25, -0.2) is 4.98 Å². The first-order chi connectivity index (χ1) is 11.7. The lowest BCUT2D eigenvalue weighted by Crippen LogP contribution is -2.46. The normalized spacial score (nSPS) is 15.0. The molecular weight excluding hydrogens is 302 g/mol. The van der Waals surface area contributed by atoms with Crippen LogP contribution in [0.4, 0.5) is 23.1 Å². The average molecular weight is 321 g/mol. The number of pyridine rings is 1. The Kier molecular flexibility index (Phi) is 3.53. The third-order valence-corrected chi connectivity index (χ3v) is 4.38. The van der Waals surface area contributed by atoms with Crippen molar-refractivity contribution in [3.63, 3.8) is 0 Å². The van der Waals surface area contributed by atoms with Crippen LogP contribution in [-0.4, -0.2) is 41.1 Å². The van der Waals surface area contributed by atoms with Crippen molar-refractivity contribution in [3.05, 3.63) is 42.7 Å². The highest BCUT2D eigenvalue weighted by Crippen LogP contribution is 2.25. The molecule has 0 unspecified atom stereocenters. The SMILES string of the molecule is Nc1ncc(N2CCN(c3cnc4ccccc4c3)CC2)c(N)n1. The van der Waals surface area contributed by atoms with E-state index >= 15 is 0 Å². The van der Waals surface area contributed by atoms with Crippen LogP contribution in [0.1, 0.15) is 0 Å². The number of nitrogens with two attached hydrogens (primary N) is 2. The van der Waals surface area contributed by atoms with Crippen molar-refractivity contribution in [2.75, 3.05) is 47.4 Å². The maximum atomic E-state index is 5.96. The first kappa shape index (κ1) is 14.5. The Morgan fingerprint density at radius 3 is 2.42 bits per heavy atom. The van der Waals surface area contributed by atoms with E-state index in [1.807, 2.05) is 24.4 Å². The van der Waals surface area contributed by atoms with Gasteiger partial charge in [-0.2, -0.15) is 4.98 Å². The van der Waals surface area contributed by atoms with Gasteiger partial charge < -0.3 is 21.3 Å². The maximum absolute atomic E-state index is 5.96. The third kappa shape index (κ3) is 2.64. The minimum Gasteiger partial charge on any atom is -0.382 e. The summed E-state index contributed by atoms with van der Waals surface area (Å²) < 4.78 is 0. The molecule has 0 atom stereocenters. The number of hydrogen-bond donors (Lipinski definition) is 2. The number of para-hydroxylation sites is 1. The van der Waals surface area contributed by atoms with Crippen LogP contribution in [0, 0.1) is 0 Å². The number of aromatic nitrogens is 3. The first-order valence-electron chi connectivity index (χ1n) is 7.93. The number of fused-ring (bicyclic) bond motifs is 1. The standard InChI is InChI=1S/C17H19N7/c18-16-15(11-21-17(19)22-16)24-7-5-23(6-8-24)13-9-12-3-1-2-4-14(12)20-10-13/h1-4,9-11H,5-8H2,(H4,18,19,21,22). The van der Waals surface area contributed by atoms with Gasteiger partial charge in [0.1, 0.15) is 0 Å². The number of hydrogen-bond acceptors (Lipinski definition) is 7. The Balaban J connectivity index is 1.50. The minimum atomic E-state index is 0.206. The summed E-state index contributed by atoms with van der Waals surface area (Å²) in [5, 5.41) is 1.16. The van der Waals surface area contributed by atoms with Gasteiger partial charge >= 0.3 is 0 Å². The molecule has 0 bridgehead atoms. The molecule has 122 valence electrons. The molecule has 4 rings (SSSR count). The predicted octanol–water partition coefficient (Wildman–Crippen LogP) is 1.52. The van der Waals surface area contributed by atoms with Crippen molar-refractivity contribution >= 4 is 34.0 Å². The van der Waals surface area contributed by atoms with Crippen LogP contribution in [0.15, 0.2) is 42.7 Å². The molecule has 2 aromatic heterocycles. The van der Waals surface area contributed by atoms with E-state index in [9.17, 15) is 0 Å². The highest BCUT2D eigenvalue weighted by atomic mass is 15.3. The van der Waals surface area contributed by atoms with Crippen molar-refractivity contribution < 1.29 is 0 Å². The van der Waals surface area contributed by atoms with Crippen LogP contribution in [0.5, 0.6) is 0 Å². The second kappa shape index (κ2) is 5.84. The molecule has 1 aromatic carbocycles. The molecule has 1 fully saturated rings. The summed E-state index contributed by atoms with van der Waals surface area (Å²) in [4.78, 5) is 17.2. The monoisotopic (exact) mass is 321 g/mol. The summed E-state index contributed by atoms with van der Waals surface area (Å²) >= 11 is 0. The number of rotatable bonds is 2. The van der Waals surface area contributed by atoms with Crippen LogP contribution in [-0.2, 0) is 0 Å². The van der Waals surface area contributed by atoms with Crippen LogP contribution in [0.25, 0.3) is 10.9 Å². The number of benzene rings is 1. The van der Waals surface area contributed by atoms with Gasteiger partial charge in [0.2, 0.25) is 5.95 Å². The summed E-state index contributed by atoms with van der Waals surface area (Å²) in [6.07, 6.45) is 3.64. The molecule has 0 spiro atoms. The lowest BCUT2D eigenvalue weighted by atomic mass is 10.2. The fourth-order valence-corrected chi connectivity index (χ4v) is 3.08. The van der Waals surface area contributed by atoms with E-state index in [0.29, 0.717) is 5.82 Å². The molecule has 1 aliphatic rings. The fraction of sp³-hybridized carbons (Fsp3) is 0.235. The molecule has 0 amide bonds. The lowest BCUT2D eigenvalue weighted by Gasteiger charge is -2.37. The molecule has 0 radical (unpaired) electrons. The second-order valence-corrected chi connectivity index (χ2v) is 5.86. The summed E-state index contributed by atoms with van der Waals surface area (Å²) in [5.41, 5.74) is 14.5. The van der Waals surface area contributed by atoms with Gasteiger partial charge in [-0.3, -0.25) is 4.98 Å². The number of nitrogen functional groups attached to an aromatic ring is 2. The summed E-state index contributed by atoms with van der Waals surface area (Å²) in [6.45, 7) is 3.49. The lowest BCUT2D eigenvalue weighted by molar-refractivity contribution is 0.652. The highest BCUT2D eigenvalue weighted by Gasteiger charge is 2.20. The Morgan fingerprint density at radius 1 is 0.875 bits per heavy atom. The second-order valence-electron chi connectivity index (χ2n) is 5.86. The van der Waals surface area contributed by atoms with E-state index in [4.69, 9.17) is 11.5 Å².